The van der Waals surface area contributed by atoms with Crippen LogP contribution in [0.1, 0.15) is 29.5 Å². The topological polar surface area (TPSA) is 75.7 Å². The Balaban J connectivity index is 1.41. The molecule has 1 aliphatic heterocycles. The van der Waals surface area contributed by atoms with E-state index < -0.39 is 15.8 Å². The minimum absolute atomic E-state index is 0.0698. The zero-order valence-corrected chi connectivity index (χ0v) is 18.8. The number of ether oxygens (including phenoxy) is 1. The number of halogens is 1. The Morgan fingerprint density at radius 2 is 1.71 bits per heavy atom. The van der Waals surface area contributed by atoms with Gasteiger partial charge in [-0.25, -0.2) is 17.1 Å². The highest BCUT2D eigenvalue weighted by Crippen LogP contribution is 2.22. The van der Waals surface area contributed by atoms with Gasteiger partial charge < -0.3 is 10.1 Å². The molecule has 2 aromatic carbocycles. The van der Waals surface area contributed by atoms with E-state index in [-0.39, 0.29) is 17.6 Å². The second-order valence-electron chi connectivity index (χ2n) is 8.02. The summed E-state index contributed by atoms with van der Waals surface area (Å²) >= 11 is 0. The monoisotopic (exact) mass is 448 g/mol. The quantitative estimate of drug-likeness (QED) is 0.630. The molecule has 0 aromatic heterocycles. The number of sulfonamides is 1. The molecule has 1 aliphatic rings. The molecular formula is C23H29FN2O4S. The van der Waals surface area contributed by atoms with Gasteiger partial charge in [-0.15, -0.1) is 0 Å². The number of nitrogens with one attached hydrogen (secondary N) is 1. The number of hydrogen-bond acceptors (Lipinski definition) is 4. The van der Waals surface area contributed by atoms with Crippen LogP contribution in [0.25, 0.3) is 0 Å². The first kappa shape index (κ1) is 23.2. The van der Waals surface area contributed by atoms with Gasteiger partial charge in [-0.1, -0.05) is 18.2 Å². The summed E-state index contributed by atoms with van der Waals surface area (Å²) in [6, 6.07) is 11.5. The molecule has 0 saturated carbocycles. The first-order valence-corrected chi connectivity index (χ1v) is 12.0. The summed E-state index contributed by atoms with van der Waals surface area (Å²) in [4.78, 5) is 12.4. The fraction of sp³-hybridized carbons (Fsp3) is 0.435. The lowest BCUT2D eigenvalue weighted by molar-refractivity contribution is -0.126. The Kier molecular flexibility index (Phi) is 7.67. The molecule has 1 saturated heterocycles. The maximum atomic E-state index is 13.0. The van der Waals surface area contributed by atoms with E-state index in [1.807, 2.05) is 26.0 Å². The average molecular weight is 449 g/mol. The van der Waals surface area contributed by atoms with Gasteiger partial charge in [0.1, 0.15) is 18.2 Å². The van der Waals surface area contributed by atoms with E-state index >= 15 is 0 Å². The Labute approximate surface area is 183 Å². The minimum Gasteiger partial charge on any atom is -0.492 e. The number of piperidine rings is 1. The summed E-state index contributed by atoms with van der Waals surface area (Å²) < 4.78 is 45.4. The second-order valence-corrected chi connectivity index (χ2v) is 9.99. The largest absolute Gasteiger partial charge is 0.492 e. The van der Waals surface area contributed by atoms with Crippen LogP contribution in [-0.4, -0.2) is 44.9 Å². The van der Waals surface area contributed by atoms with Crippen molar-refractivity contribution in [2.24, 2.45) is 5.92 Å². The summed E-state index contributed by atoms with van der Waals surface area (Å²) in [6.45, 7) is 5.40. The molecule has 1 N–H and O–H groups in total. The smallest absolute Gasteiger partial charge is 0.223 e. The molecule has 1 heterocycles. The molecule has 3 rings (SSSR count). The third-order valence-corrected chi connectivity index (χ3v) is 7.20. The van der Waals surface area contributed by atoms with Gasteiger partial charge in [-0.2, -0.15) is 0 Å². The fourth-order valence-electron chi connectivity index (χ4n) is 3.78. The summed E-state index contributed by atoms with van der Waals surface area (Å²) in [6.07, 6.45) is 0.957. The van der Waals surface area contributed by atoms with Crippen LogP contribution in [0, 0.1) is 25.6 Å². The molecule has 0 unspecified atom stereocenters. The maximum absolute atomic E-state index is 13.0. The molecule has 0 spiro atoms. The summed E-state index contributed by atoms with van der Waals surface area (Å²) in [5, 5.41) is 2.88. The van der Waals surface area contributed by atoms with Crippen molar-refractivity contribution in [3.63, 3.8) is 0 Å². The normalized spacial score (nSPS) is 15.6. The summed E-state index contributed by atoms with van der Waals surface area (Å²) in [7, 11) is -3.50. The standard InChI is InChI=1S/C23H29FN2O4S/c1-17-13-18(2)15-22(14-17)30-12-9-25-23(27)20-7-10-26(11-8-20)31(28,29)16-19-3-5-21(24)6-4-19/h3-6,13-15,20H,7-12,16H2,1-2H3,(H,25,27). The zero-order chi connectivity index (χ0) is 22.4. The molecule has 2 aromatic rings. The second kappa shape index (κ2) is 10.2. The zero-order valence-electron chi connectivity index (χ0n) is 17.9. The third-order valence-electron chi connectivity index (χ3n) is 5.35. The van der Waals surface area contributed by atoms with Crippen LogP contribution in [0.5, 0.6) is 5.75 Å². The van der Waals surface area contributed by atoms with E-state index in [1.165, 1.54) is 28.6 Å². The van der Waals surface area contributed by atoms with Gasteiger partial charge in [0.2, 0.25) is 15.9 Å². The molecular weight excluding hydrogens is 419 g/mol. The number of carbonyl (C=O) groups is 1. The number of aryl methyl sites for hydroxylation is 2. The van der Waals surface area contributed by atoms with Crippen LogP contribution in [0.3, 0.4) is 0 Å². The SMILES string of the molecule is Cc1cc(C)cc(OCCNC(=O)C2CCN(S(=O)(=O)Cc3ccc(F)cc3)CC2)c1. The highest BCUT2D eigenvalue weighted by molar-refractivity contribution is 7.88. The van der Waals surface area contributed by atoms with Crippen LogP contribution in [0.4, 0.5) is 4.39 Å². The minimum atomic E-state index is -3.50. The lowest BCUT2D eigenvalue weighted by Crippen LogP contribution is -2.43. The molecule has 0 radical (unpaired) electrons. The van der Waals surface area contributed by atoms with Gasteiger partial charge in [0.05, 0.1) is 12.3 Å². The van der Waals surface area contributed by atoms with Crippen LogP contribution in [0.15, 0.2) is 42.5 Å². The highest BCUT2D eigenvalue weighted by Gasteiger charge is 2.31. The number of carbonyl (C=O) groups excluding carboxylic acids is 1. The van der Waals surface area contributed by atoms with Gasteiger partial charge in [-0.05, 0) is 67.6 Å². The van der Waals surface area contributed by atoms with Crippen molar-refractivity contribution in [2.45, 2.75) is 32.4 Å². The molecule has 8 heteroatoms. The third kappa shape index (κ3) is 6.77. The van der Waals surface area contributed by atoms with Crippen LogP contribution >= 0.6 is 0 Å². The van der Waals surface area contributed by atoms with Crippen molar-refractivity contribution in [3.05, 3.63) is 65.0 Å². The number of rotatable bonds is 8. The van der Waals surface area contributed by atoms with Gasteiger partial charge in [-0.3, -0.25) is 4.79 Å². The Bertz CT molecular complexity index is 980. The molecule has 0 aliphatic carbocycles. The van der Waals surface area contributed by atoms with Crippen molar-refractivity contribution < 1.29 is 22.3 Å². The van der Waals surface area contributed by atoms with Crippen molar-refractivity contribution in [1.82, 2.24) is 9.62 Å². The van der Waals surface area contributed by atoms with Crippen LogP contribution < -0.4 is 10.1 Å². The van der Waals surface area contributed by atoms with E-state index in [9.17, 15) is 17.6 Å². The number of benzene rings is 2. The van der Waals surface area contributed by atoms with Gasteiger partial charge in [0, 0.05) is 19.0 Å². The first-order valence-electron chi connectivity index (χ1n) is 10.4. The molecule has 0 bridgehead atoms. The molecule has 0 atom stereocenters. The fourth-order valence-corrected chi connectivity index (χ4v) is 5.35. The van der Waals surface area contributed by atoms with E-state index in [4.69, 9.17) is 4.74 Å². The first-order chi connectivity index (χ1) is 14.7. The number of amides is 1. The average Bonchev–Trinajstić information content (AvgIpc) is 2.72. The number of hydrogen-bond donors (Lipinski definition) is 1. The summed E-state index contributed by atoms with van der Waals surface area (Å²) in [5.74, 6) is -0.0585. The maximum Gasteiger partial charge on any atom is 0.223 e. The highest BCUT2D eigenvalue weighted by atomic mass is 32.2. The van der Waals surface area contributed by atoms with Gasteiger partial charge in [0.25, 0.3) is 0 Å². The predicted molar refractivity (Wildman–Crippen MR) is 118 cm³/mol. The number of nitrogens with zero attached hydrogens (tertiary/aromatic N) is 1. The van der Waals surface area contributed by atoms with E-state index in [1.54, 1.807) is 0 Å². The van der Waals surface area contributed by atoms with Gasteiger partial charge in [0.15, 0.2) is 0 Å². The van der Waals surface area contributed by atoms with Crippen molar-refractivity contribution in [1.29, 1.82) is 0 Å². The van der Waals surface area contributed by atoms with E-state index in [0.29, 0.717) is 44.6 Å². The molecule has 6 nitrogen and oxygen atoms in total. The Hall–Kier alpha value is -2.45. The molecule has 168 valence electrons. The molecule has 1 fully saturated rings. The van der Waals surface area contributed by atoms with Crippen molar-refractivity contribution >= 4 is 15.9 Å². The van der Waals surface area contributed by atoms with Crippen LogP contribution in [-0.2, 0) is 20.6 Å². The summed E-state index contributed by atoms with van der Waals surface area (Å²) in [5.41, 5.74) is 2.80. The predicted octanol–water partition coefficient (Wildman–Crippen LogP) is 3.18. The van der Waals surface area contributed by atoms with Crippen LogP contribution in [0.2, 0.25) is 0 Å². The lowest BCUT2D eigenvalue weighted by Gasteiger charge is -2.30. The molecule has 31 heavy (non-hydrogen) atoms. The lowest BCUT2D eigenvalue weighted by atomic mass is 9.97. The Morgan fingerprint density at radius 3 is 2.32 bits per heavy atom. The molecule has 1 amide bonds. The van der Waals surface area contributed by atoms with E-state index in [0.717, 1.165) is 16.9 Å². The van der Waals surface area contributed by atoms with E-state index in [2.05, 4.69) is 11.4 Å². The van der Waals surface area contributed by atoms with Crippen molar-refractivity contribution in [2.75, 3.05) is 26.2 Å². The Morgan fingerprint density at radius 1 is 1.10 bits per heavy atom. The van der Waals surface area contributed by atoms with Crippen molar-refractivity contribution in [3.8, 4) is 5.75 Å². The van der Waals surface area contributed by atoms with Gasteiger partial charge >= 0.3 is 0 Å².